The van der Waals surface area contributed by atoms with Crippen molar-refractivity contribution in [3.05, 3.63) is 161 Å². The van der Waals surface area contributed by atoms with Gasteiger partial charge in [-0.1, -0.05) is 103 Å². The summed E-state index contributed by atoms with van der Waals surface area (Å²) in [5.74, 6) is -0.945. The molecule has 6 rings (SSSR count). The molecule has 0 saturated heterocycles. The molecule has 52 heavy (non-hydrogen) atoms. The molecule has 0 radical (unpaired) electrons. The van der Waals surface area contributed by atoms with Crippen molar-refractivity contribution in [3.8, 4) is 16.9 Å². The molecule has 1 atom stereocenters. The number of nitrogens with one attached hydrogen (secondary N) is 1. The quantitative estimate of drug-likeness (QED) is 0.115. The van der Waals surface area contributed by atoms with E-state index in [-0.39, 0.29) is 26.3 Å². The van der Waals surface area contributed by atoms with E-state index in [1.54, 1.807) is 12.1 Å². The largest absolute Gasteiger partial charge is 0.489 e. The molecule has 0 aromatic heterocycles. The van der Waals surface area contributed by atoms with E-state index in [0.29, 0.717) is 29.8 Å². The van der Waals surface area contributed by atoms with Crippen LogP contribution in [0.4, 0.5) is 22.8 Å². The first-order chi connectivity index (χ1) is 25.1. The number of carbonyl (C=O) groups is 3. The first kappa shape index (κ1) is 35.7. The number of hydrogen-bond acceptors (Lipinski definition) is 6. The summed E-state index contributed by atoms with van der Waals surface area (Å²) in [7, 11) is 0. The monoisotopic (exact) mass is 708 g/mol. The number of fused-ring (bicyclic) bond motifs is 1. The Balaban J connectivity index is 1.05. The second kappa shape index (κ2) is 16.3. The van der Waals surface area contributed by atoms with Crippen LogP contribution in [0.5, 0.6) is 5.75 Å². The number of alkyl carbamates (subject to hydrolysis) is 1. The lowest BCUT2D eigenvalue weighted by molar-refractivity contribution is -0.146. The molecule has 11 heteroatoms. The molecule has 5 aromatic rings. The van der Waals surface area contributed by atoms with E-state index >= 15 is 0 Å². The predicted molar refractivity (Wildman–Crippen MR) is 187 cm³/mol. The molecular weight excluding hydrogens is 673 g/mol. The highest BCUT2D eigenvalue weighted by molar-refractivity contribution is 5.85. The summed E-state index contributed by atoms with van der Waals surface area (Å²) in [5.41, 5.74) is 5.01. The highest BCUT2D eigenvalue weighted by Crippen LogP contribution is 2.30. The smallest absolute Gasteiger partial charge is 0.419 e. The standard InChI is InChI=1S/C41H35F3N2O6/c42-41(43,44)35-18-11-29(12-19-35)26-50-36-20-17-32-21-22-46(25-34(32)23-36)40(49)52-39(48)45-24-37(38(47)51-27-28-7-3-1-4-8-28)33-15-13-31(14-16-33)30-9-5-2-6-10-30/h1-20,23,37H,21-22,24-27H2,(H,45,48). The first-order valence-electron chi connectivity index (χ1n) is 16.6. The minimum absolute atomic E-state index is 0.0550. The fourth-order valence-electron chi connectivity index (χ4n) is 5.81. The van der Waals surface area contributed by atoms with Gasteiger partial charge in [-0.25, -0.2) is 9.59 Å². The van der Waals surface area contributed by atoms with Crippen molar-refractivity contribution in [2.45, 2.75) is 38.3 Å². The van der Waals surface area contributed by atoms with Crippen molar-refractivity contribution in [3.63, 3.8) is 0 Å². The highest BCUT2D eigenvalue weighted by Gasteiger charge is 2.30. The van der Waals surface area contributed by atoms with Crippen LogP contribution in [0.2, 0.25) is 0 Å². The number of amides is 2. The topological polar surface area (TPSA) is 94.2 Å². The molecule has 1 aliphatic heterocycles. The molecule has 8 nitrogen and oxygen atoms in total. The van der Waals surface area contributed by atoms with Gasteiger partial charge in [-0.15, -0.1) is 0 Å². The average Bonchev–Trinajstić information content (AvgIpc) is 3.16. The number of esters is 1. The maximum Gasteiger partial charge on any atom is 0.419 e. The van der Waals surface area contributed by atoms with Crippen molar-refractivity contribution in [1.29, 1.82) is 0 Å². The lowest BCUT2D eigenvalue weighted by Gasteiger charge is -2.28. The number of rotatable bonds is 10. The van der Waals surface area contributed by atoms with E-state index in [9.17, 15) is 27.6 Å². The van der Waals surface area contributed by atoms with E-state index in [0.717, 1.165) is 39.9 Å². The fourth-order valence-corrected chi connectivity index (χ4v) is 5.81. The first-order valence-corrected chi connectivity index (χ1v) is 16.6. The maximum atomic E-state index is 13.3. The van der Waals surface area contributed by atoms with E-state index in [2.05, 4.69) is 5.32 Å². The Hall–Kier alpha value is -6.10. The Morgan fingerprint density at radius 2 is 1.38 bits per heavy atom. The number of carbonyl (C=O) groups excluding carboxylic acids is 3. The van der Waals surface area contributed by atoms with Crippen LogP contribution in [0, 0.1) is 0 Å². The van der Waals surface area contributed by atoms with Gasteiger partial charge in [0, 0.05) is 19.6 Å². The number of alkyl halides is 3. The third-order valence-electron chi connectivity index (χ3n) is 8.69. The maximum absolute atomic E-state index is 13.3. The number of benzene rings is 5. The molecule has 0 fully saturated rings. The number of halogens is 3. The van der Waals surface area contributed by atoms with Gasteiger partial charge in [0.25, 0.3) is 0 Å². The van der Waals surface area contributed by atoms with Gasteiger partial charge in [-0.05, 0) is 69.6 Å². The van der Waals surface area contributed by atoms with Gasteiger partial charge in [0.05, 0.1) is 11.5 Å². The van der Waals surface area contributed by atoms with Crippen molar-refractivity contribution in [2.24, 2.45) is 0 Å². The average molecular weight is 709 g/mol. The van der Waals surface area contributed by atoms with Crippen LogP contribution in [0.25, 0.3) is 11.1 Å². The molecule has 5 aromatic carbocycles. The van der Waals surface area contributed by atoms with Crippen molar-refractivity contribution in [1.82, 2.24) is 10.2 Å². The number of nitrogens with zero attached hydrogens (tertiary/aromatic N) is 1. The molecule has 0 aliphatic carbocycles. The minimum atomic E-state index is -4.42. The van der Waals surface area contributed by atoms with Gasteiger partial charge in [0.15, 0.2) is 0 Å². The van der Waals surface area contributed by atoms with Crippen molar-refractivity contribution < 1.29 is 41.8 Å². The second-order valence-corrected chi connectivity index (χ2v) is 12.3. The third-order valence-corrected chi connectivity index (χ3v) is 8.69. The predicted octanol–water partition coefficient (Wildman–Crippen LogP) is 8.68. The third kappa shape index (κ3) is 9.36. The van der Waals surface area contributed by atoms with Crippen LogP contribution >= 0.6 is 0 Å². The van der Waals surface area contributed by atoms with Gasteiger partial charge in [-0.2, -0.15) is 13.2 Å². The molecule has 0 saturated carbocycles. The number of hydrogen-bond donors (Lipinski definition) is 1. The van der Waals surface area contributed by atoms with Gasteiger partial charge in [0.1, 0.15) is 19.0 Å². The summed E-state index contributed by atoms with van der Waals surface area (Å²) < 4.78 is 55.2. The van der Waals surface area contributed by atoms with Crippen LogP contribution in [0.3, 0.4) is 0 Å². The van der Waals surface area contributed by atoms with Gasteiger partial charge in [0.2, 0.25) is 0 Å². The van der Waals surface area contributed by atoms with E-state index < -0.39 is 35.8 Å². The zero-order chi connectivity index (χ0) is 36.5. The Kier molecular flexibility index (Phi) is 11.2. The summed E-state index contributed by atoms with van der Waals surface area (Å²) >= 11 is 0. The zero-order valence-electron chi connectivity index (χ0n) is 28.0. The zero-order valence-corrected chi connectivity index (χ0v) is 28.0. The Morgan fingerprint density at radius 1 is 0.731 bits per heavy atom. The van der Waals surface area contributed by atoms with Gasteiger partial charge in [-0.3, -0.25) is 4.79 Å². The fraction of sp³-hybridized carbons (Fsp3) is 0.195. The molecule has 1 unspecified atom stereocenters. The SMILES string of the molecule is O=C(NCC(C(=O)OCc1ccccc1)c1ccc(-c2ccccc2)cc1)OC(=O)N1CCc2ccc(OCc3ccc(C(F)(F)F)cc3)cc2C1. The second-order valence-electron chi connectivity index (χ2n) is 12.3. The molecule has 0 bridgehead atoms. The molecule has 1 aliphatic rings. The molecule has 266 valence electrons. The van der Waals surface area contributed by atoms with Crippen LogP contribution in [0.15, 0.2) is 127 Å². The minimum Gasteiger partial charge on any atom is -0.489 e. The molecule has 1 N–H and O–H groups in total. The lowest BCUT2D eigenvalue weighted by atomic mass is 9.96. The molecule has 1 heterocycles. The Labute approximate surface area is 298 Å². The van der Waals surface area contributed by atoms with Crippen LogP contribution in [0.1, 0.15) is 39.3 Å². The summed E-state index contributed by atoms with van der Waals surface area (Å²) in [6.07, 6.45) is -5.76. The highest BCUT2D eigenvalue weighted by atomic mass is 19.4. The van der Waals surface area contributed by atoms with Crippen LogP contribution in [-0.4, -0.2) is 36.1 Å². The van der Waals surface area contributed by atoms with E-state index in [1.165, 1.54) is 17.0 Å². The lowest BCUT2D eigenvalue weighted by Crippen LogP contribution is -2.40. The van der Waals surface area contributed by atoms with Gasteiger partial charge < -0.3 is 24.4 Å². The van der Waals surface area contributed by atoms with Crippen molar-refractivity contribution in [2.75, 3.05) is 13.1 Å². The summed E-state index contributed by atoms with van der Waals surface area (Å²) in [4.78, 5) is 40.6. The Morgan fingerprint density at radius 3 is 2.08 bits per heavy atom. The molecule has 0 spiro atoms. The van der Waals surface area contributed by atoms with E-state index in [4.69, 9.17) is 14.2 Å². The van der Waals surface area contributed by atoms with E-state index in [1.807, 2.05) is 91.0 Å². The summed E-state index contributed by atoms with van der Waals surface area (Å²) in [5, 5.41) is 2.56. The molecular formula is C41H35F3N2O6. The van der Waals surface area contributed by atoms with Gasteiger partial charge >= 0.3 is 24.3 Å². The van der Waals surface area contributed by atoms with Crippen LogP contribution < -0.4 is 10.1 Å². The summed E-state index contributed by atoms with van der Waals surface area (Å²) in [6, 6.07) is 36.5. The summed E-state index contributed by atoms with van der Waals surface area (Å²) in [6.45, 7) is 0.404. The molecule has 2 amide bonds. The number of ether oxygens (including phenoxy) is 3. The van der Waals surface area contributed by atoms with Crippen molar-refractivity contribution >= 4 is 18.2 Å². The normalized spacial score (nSPS) is 13.0. The van der Waals surface area contributed by atoms with Crippen LogP contribution in [-0.2, 0) is 46.6 Å². The Bertz CT molecular complexity index is 1990.